The highest BCUT2D eigenvalue weighted by molar-refractivity contribution is 5.75. The first-order valence-electron chi connectivity index (χ1n) is 5.89. The van der Waals surface area contributed by atoms with Crippen LogP contribution in [0.2, 0.25) is 0 Å². The second-order valence-corrected chi connectivity index (χ2v) is 3.91. The number of nitrogens with two attached hydrogens (primary N) is 1. The molecule has 0 spiro atoms. The fourth-order valence-corrected chi connectivity index (χ4v) is 1.80. The summed E-state index contributed by atoms with van der Waals surface area (Å²) in [4.78, 5) is 12.6. The van der Waals surface area contributed by atoms with Crippen molar-refractivity contribution in [2.24, 2.45) is 0 Å². The van der Waals surface area contributed by atoms with Crippen LogP contribution in [0.3, 0.4) is 0 Å². The van der Waals surface area contributed by atoms with Gasteiger partial charge >= 0.3 is 5.69 Å². The van der Waals surface area contributed by atoms with E-state index < -0.39 is 4.92 Å². The third-order valence-corrected chi connectivity index (χ3v) is 2.73. The number of benzene rings is 1. The Kier molecular flexibility index (Phi) is 4.75. The van der Waals surface area contributed by atoms with Gasteiger partial charge in [-0.2, -0.15) is 0 Å². The summed E-state index contributed by atoms with van der Waals surface area (Å²) in [6.45, 7) is 5.64. The standard InChI is InChI=1S/C12H19N3O2/c1-3-5-9-14(4-2)11-8-6-7-10(13)12(11)15(16)17/h6-8H,3-5,9,13H2,1-2H3. The molecule has 0 aliphatic rings. The van der Waals surface area contributed by atoms with Crippen molar-refractivity contribution in [3.8, 4) is 0 Å². The van der Waals surface area contributed by atoms with Crippen molar-refractivity contribution in [1.29, 1.82) is 0 Å². The maximum absolute atomic E-state index is 11.0. The molecule has 94 valence electrons. The fraction of sp³-hybridized carbons (Fsp3) is 0.500. The van der Waals surface area contributed by atoms with E-state index in [1.54, 1.807) is 18.2 Å². The molecule has 0 heterocycles. The molecule has 0 unspecified atom stereocenters. The van der Waals surface area contributed by atoms with Gasteiger partial charge in [-0.1, -0.05) is 19.4 Å². The Hall–Kier alpha value is -1.78. The van der Waals surface area contributed by atoms with Gasteiger partial charge in [0.2, 0.25) is 0 Å². The number of nitrogen functional groups attached to an aromatic ring is 1. The summed E-state index contributed by atoms with van der Waals surface area (Å²) >= 11 is 0. The quantitative estimate of drug-likeness (QED) is 0.469. The Balaban J connectivity index is 3.09. The first-order valence-corrected chi connectivity index (χ1v) is 5.89. The monoisotopic (exact) mass is 237 g/mol. The average molecular weight is 237 g/mol. The smallest absolute Gasteiger partial charge is 0.315 e. The zero-order valence-electron chi connectivity index (χ0n) is 10.3. The molecule has 1 aromatic rings. The summed E-state index contributed by atoms with van der Waals surface area (Å²) in [7, 11) is 0. The summed E-state index contributed by atoms with van der Waals surface area (Å²) in [6, 6.07) is 5.08. The molecule has 17 heavy (non-hydrogen) atoms. The molecule has 1 rings (SSSR count). The van der Waals surface area contributed by atoms with Crippen molar-refractivity contribution < 1.29 is 4.92 Å². The topological polar surface area (TPSA) is 72.4 Å². The van der Waals surface area contributed by atoms with Crippen LogP contribution in [-0.4, -0.2) is 18.0 Å². The van der Waals surface area contributed by atoms with Gasteiger partial charge in [0.1, 0.15) is 11.4 Å². The molecule has 0 saturated carbocycles. The summed E-state index contributed by atoms with van der Waals surface area (Å²) in [5, 5.41) is 11.0. The van der Waals surface area contributed by atoms with Crippen molar-refractivity contribution in [2.45, 2.75) is 26.7 Å². The number of hydrogen-bond donors (Lipinski definition) is 1. The van der Waals surface area contributed by atoms with E-state index in [1.165, 1.54) is 0 Å². The Morgan fingerprint density at radius 2 is 2.12 bits per heavy atom. The van der Waals surface area contributed by atoms with Crippen LogP contribution in [0.4, 0.5) is 17.1 Å². The van der Waals surface area contributed by atoms with Crippen molar-refractivity contribution in [3.05, 3.63) is 28.3 Å². The van der Waals surface area contributed by atoms with E-state index in [2.05, 4.69) is 6.92 Å². The SMILES string of the molecule is CCCCN(CC)c1cccc(N)c1[N+](=O)[O-]. The van der Waals surface area contributed by atoms with E-state index >= 15 is 0 Å². The zero-order chi connectivity index (χ0) is 12.8. The van der Waals surface area contributed by atoms with Gasteiger partial charge in [-0.15, -0.1) is 0 Å². The van der Waals surface area contributed by atoms with E-state index in [-0.39, 0.29) is 11.4 Å². The normalized spacial score (nSPS) is 10.2. The largest absolute Gasteiger partial charge is 0.393 e. The molecule has 1 aromatic carbocycles. The minimum Gasteiger partial charge on any atom is -0.393 e. The van der Waals surface area contributed by atoms with Crippen LogP contribution in [0.1, 0.15) is 26.7 Å². The molecule has 5 nitrogen and oxygen atoms in total. The summed E-state index contributed by atoms with van der Waals surface area (Å²) in [5.41, 5.74) is 6.54. The van der Waals surface area contributed by atoms with Crippen LogP contribution in [0, 0.1) is 10.1 Å². The fourth-order valence-electron chi connectivity index (χ4n) is 1.80. The van der Waals surface area contributed by atoms with Gasteiger partial charge in [-0.25, -0.2) is 0 Å². The molecule has 0 radical (unpaired) electrons. The minimum absolute atomic E-state index is 0.0189. The lowest BCUT2D eigenvalue weighted by molar-refractivity contribution is -0.383. The predicted molar refractivity (Wildman–Crippen MR) is 70.3 cm³/mol. The van der Waals surface area contributed by atoms with Gasteiger partial charge in [0.25, 0.3) is 0 Å². The minimum atomic E-state index is -0.403. The summed E-state index contributed by atoms with van der Waals surface area (Å²) < 4.78 is 0. The molecule has 2 N–H and O–H groups in total. The lowest BCUT2D eigenvalue weighted by Crippen LogP contribution is -2.24. The predicted octanol–water partition coefficient (Wildman–Crippen LogP) is 2.80. The molecule has 0 aromatic heterocycles. The number of nitro groups is 1. The number of unbranched alkanes of at least 4 members (excludes halogenated alkanes) is 1. The lowest BCUT2D eigenvalue weighted by atomic mass is 10.2. The van der Waals surface area contributed by atoms with E-state index in [9.17, 15) is 10.1 Å². The molecule has 0 aliphatic carbocycles. The Morgan fingerprint density at radius 1 is 1.41 bits per heavy atom. The number of hydrogen-bond acceptors (Lipinski definition) is 4. The molecule has 0 atom stereocenters. The molecule has 0 saturated heterocycles. The highest BCUT2D eigenvalue weighted by atomic mass is 16.6. The van der Waals surface area contributed by atoms with Crippen LogP contribution >= 0.6 is 0 Å². The molecule has 0 fully saturated rings. The van der Waals surface area contributed by atoms with Crippen LogP contribution in [-0.2, 0) is 0 Å². The van der Waals surface area contributed by atoms with Gasteiger partial charge in [0, 0.05) is 13.1 Å². The maximum atomic E-state index is 11.0. The average Bonchev–Trinajstić information content (AvgIpc) is 2.29. The maximum Gasteiger partial charge on any atom is 0.315 e. The summed E-state index contributed by atoms with van der Waals surface area (Å²) in [5.74, 6) is 0. The van der Waals surface area contributed by atoms with Crippen molar-refractivity contribution >= 4 is 17.1 Å². The van der Waals surface area contributed by atoms with Gasteiger partial charge < -0.3 is 10.6 Å². The van der Waals surface area contributed by atoms with Crippen molar-refractivity contribution in [3.63, 3.8) is 0 Å². The second kappa shape index (κ2) is 6.08. The van der Waals surface area contributed by atoms with E-state index in [0.29, 0.717) is 5.69 Å². The van der Waals surface area contributed by atoms with Crippen LogP contribution < -0.4 is 10.6 Å². The van der Waals surface area contributed by atoms with Gasteiger partial charge in [0.05, 0.1) is 4.92 Å². The highest BCUT2D eigenvalue weighted by Gasteiger charge is 2.21. The number of rotatable bonds is 6. The van der Waals surface area contributed by atoms with Crippen LogP contribution in [0.5, 0.6) is 0 Å². The molecular weight excluding hydrogens is 218 g/mol. The third kappa shape index (κ3) is 3.09. The number of para-hydroxylation sites is 1. The molecule has 5 heteroatoms. The number of nitro benzene ring substituents is 1. The first-order chi connectivity index (χ1) is 8.11. The third-order valence-electron chi connectivity index (χ3n) is 2.73. The van der Waals surface area contributed by atoms with Gasteiger partial charge in [-0.3, -0.25) is 10.1 Å². The first kappa shape index (κ1) is 13.3. The van der Waals surface area contributed by atoms with Crippen molar-refractivity contribution in [2.75, 3.05) is 23.7 Å². The molecule has 0 bridgehead atoms. The second-order valence-electron chi connectivity index (χ2n) is 3.91. The Morgan fingerprint density at radius 3 is 2.65 bits per heavy atom. The Labute approximate surface area is 101 Å². The van der Waals surface area contributed by atoms with E-state index in [0.717, 1.165) is 25.9 Å². The van der Waals surface area contributed by atoms with E-state index in [1.807, 2.05) is 11.8 Å². The van der Waals surface area contributed by atoms with Gasteiger partial charge in [0.15, 0.2) is 0 Å². The lowest BCUT2D eigenvalue weighted by Gasteiger charge is -2.22. The van der Waals surface area contributed by atoms with Crippen LogP contribution in [0.25, 0.3) is 0 Å². The molecule has 0 aliphatic heterocycles. The number of nitrogens with zero attached hydrogens (tertiary/aromatic N) is 2. The molecular formula is C12H19N3O2. The van der Waals surface area contributed by atoms with Crippen molar-refractivity contribution in [1.82, 2.24) is 0 Å². The Bertz CT molecular complexity index is 393. The van der Waals surface area contributed by atoms with Crippen LogP contribution in [0.15, 0.2) is 18.2 Å². The zero-order valence-corrected chi connectivity index (χ0v) is 10.3. The summed E-state index contributed by atoms with van der Waals surface area (Å²) in [6.07, 6.45) is 2.08. The van der Waals surface area contributed by atoms with E-state index in [4.69, 9.17) is 5.73 Å². The highest BCUT2D eigenvalue weighted by Crippen LogP contribution is 2.33. The molecule has 0 amide bonds. The van der Waals surface area contributed by atoms with Gasteiger partial charge in [-0.05, 0) is 25.5 Å². The number of anilines is 2.